The second kappa shape index (κ2) is 13.3. The highest BCUT2D eigenvalue weighted by Crippen LogP contribution is 2.34. The molecule has 220 valence electrons. The number of nitrogen functional groups attached to an aromatic ring is 1. The second-order valence-electron chi connectivity index (χ2n) is 9.61. The van der Waals surface area contributed by atoms with Gasteiger partial charge in [-0.1, -0.05) is 12.1 Å². The highest BCUT2D eigenvalue weighted by Gasteiger charge is 2.36. The van der Waals surface area contributed by atoms with Gasteiger partial charge in [0.2, 0.25) is 5.76 Å². The summed E-state index contributed by atoms with van der Waals surface area (Å²) in [6.07, 6.45) is 3.46. The van der Waals surface area contributed by atoms with Crippen LogP contribution in [0.2, 0.25) is 0 Å². The number of aliphatic hydroxyl groups excluding tert-OH is 1. The quantitative estimate of drug-likeness (QED) is 0.0937. The van der Waals surface area contributed by atoms with Gasteiger partial charge < -0.3 is 31.2 Å². The Morgan fingerprint density at radius 2 is 1.75 bits per heavy atom. The summed E-state index contributed by atoms with van der Waals surface area (Å²) in [5.41, 5.74) is 7.24. The van der Waals surface area contributed by atoms with Crippen LogP contribution >= 0.6 is 0 Å². The lowest BCUT2D eigenvalue weighted by molar-refractivity contribution is -0.116. The first-order valence-corrected chi connectivity index (χ1v) is 15.2. The Bertz CT molecular complexity index is 1280. The van der Waals surface area contributed by atoms with Gasteiger partial charge in [-0.3, -0.25) is 8.98 Å². The third-order valence-electron chi connectivity index (χ3n) is 6.63. The molecule has 0 aromatic heterocycles. The number of hydrogen-bond donors (Lipinski definition) is 4. The number of rotatable bonds is 13. The first-order chi connectivity index (χ1) is 19.0. The van der Waals surface area contributed by atoms with Crippen molar-refractivity contribution >= 4 is 33.0 Å². The molecule has 1 amide bonds. The summed E-state index contributed by atoms with van der Waals surface area (Å²) in [4.78, 5) is 14.9. The zero-order chi connectivity index (χ0) is 29.4. The predicted molar refractivity (Wildman–Crippen MR) is 152 cm³/mol. The van der Waals surface area contributed by atoms with E-state index in [9.17, 15) is 17.8 Å². The number of aliphatic hydroxyl groups is 1. The number of nitrogens with zero attached hydrogens (tertiary/aromatic N) is 2. The molecule has 0 spiro atoms. The predicted octanol–water partition coefficient (Wildman–Crippen LogP) is 2.88. The Balaban J connectivity index is 1.82. The Hall–Kier alpha value is -3.39. The zero-order valence-corrected chi connectivity index (χ0v) is 23.5. The molecule has 0 bridgehead atoms. The third kappa shape index (κ3) is 7.84. The van der Waals surface area contributed by atoms with Gasteiger partial charge in [0.25, 0.3) is 5.91 Å². The summed E-state index contributed by atoms with van der Waals surface area (Å²) in [7, 11) is -2.34. The van der Waals surface area contributed by atoms with Gasteiger partial charge in [0.1, 0.15) is 17.3 Å². The summed E-state index contributed by atoms with van der Waals surface area (Å²) < 4.78 is 54.8. The molecule has 1 aliphatic heterocycles. The Morgan fingerprint density at radius 3 is 2.30 bits per heavy atom. The van der Waals surface area contributed by atoms with Crippen LogP contribution in [0.5, 0.6) is 0 Å². The Morgan fingerprint density at radius 1 is 1.12 bits per heavy atom. The minimum absolute atomic E-state index is 0.0516. The molecule has 1 aliphatic rings. The van der Waals surface area contributed by atoms with E-state index in [1.807, 2.05) is 0 Å². The zero-order valence-electron chi connectivity index (χ0n) is 22.7. The summed E-state index contributed by atoms with van der Waals surface area (Å²) in [6, 6.07) is 9.72. The molecule has 40 heavy (non-hydrogen) atoms. The van der Waals surface area contributed by atoms with E-state index in [0.717, 1.165) is 23.9 Å². The molecule has 3 rings (SSSR count). The van der Waals surface area contributed by atoms with Crippen LogP contribution in [0, 0.1) is 17.0 Å². The topological polar surface area (TPSA) is 141 Å². The summed E-state index contributed by atoms with van der Waals surface area (Å²) >= 11 is 0. The number of piperazine rings is 1. The molecule has 0 aliphatic carbocycles. The van der Waals surface area contributed by atoms with Gasteiger partial charge in [0.05, 0.1) is 19.5 Å². The molecule has 0 saturated carbocycles. The minimum Gasteiger partial charge on any atom is -0.486 e. The van der Waals surface area contributed by atoms with Crippen LogP contribution < -0.4 is 11.1 Å². The van der Waals surface area contributed by atoms with Crippen LogP contribution in [-0.4, -0.2) is 83.4 Å². The first kappa shape index (κ1) is 31.1. The van der Waals surface area contributed by atoms with Crippen molar-refractivity contribution in [1.82, 2.24) is 9.21 Å². The van der Waals surface area contributed by atoms with E-state index >= 15 is 0 Å². The molecule has 13 heteroatoms. The van der Waals surface area contributed by atoms with Crippen LogP contribution in [0.25, 0.3) is 0 Å². The largest absolute Gasteiger partial charge is 0.486 e. The summed E-state index contributed by atoms with van der Waals surface area (Å²) in [5, 5.41) is 19.6. The normalized spacial score (nSPS) is 16.0. The van der Waals surface area contributed by atoms with E-state index in [1.165, 1.54) is 7.11 Å². The average Bonchev–Trinajstić information content (AvgIpc) is 2.91. The molecule has 10 nitrogen and oxygen atoms in total. The van der Waals surface area contributed by atoms with E-state index in [1.54, 1.807) is 39.7 Å². The fourth-order valence-electron chi connectivity index (χ4n) is 4.39. The van der Waals surface area contributed by atoms with Crippen LogP contribution in [0.4, 0.5) is 20.2 Å². The molecule has 5 N–H and O–H groups in total. The third-order valence-corrected chi connectivity index (χ3v) is 10.1. The van der Waals surface area contributed by atoms with Crippen molar-refractivity contribution in [2.45, 2.75) is 18.6 Å². The molecule has 1 fully saturated rings. The number of ether oxygens (including phenoxy) is 1. The SMILES string of the molecule is COS(C)(=O)(Cc1ccc(N)cc1)N1CCN(/C(C=N)=C(\OCCCCO)C(=O)Nc2cc(F)cc(F)c2)CC1. The summed E-state index contributed by atoms with van der Waals surface area (Å²) in [5.74, 6) is -2.54. The molecule has 2 aromatic carbocycles. The number of halogens is 2. The van der Waals surface area contributed by atoms with Crippen LogP contribution in [0.15, 0.2) is 53.9 Å². The van der Waals surface area contributed by atoms with Gasteiger partial charge in [-0.2, -0.15) is 4.21 Å². The Labute approximate surface area is 233 Å². The smallest absolute Gasteiger partial charge is 0.293 e. The van der Waals surface area contributed by atoms with E-state index in [-0.39, 0.29) is 36.1 Å². The van der Waals surface area contributed by atoms with Crippen molar-refractivity contribution < 1.29 is 31.8 Å². The van der Waals surface area contributed by atoms with E-state index < -0.39 is 27.1 Å². The van der Waals surface area contributed by atoms with Crippen molar-refractivity contribution in [2.75, 3.05) is 63.8 Å². The molecular weight excluding hydrogens is 544 g/mol. The maximum absolute atomic E-state index is 14.2. The van der Waals surface area contributed by atoms with Crippen molar-refractivity contribution in [2.24, 2.45) is 0 Å². The molecule has 0 atom stereocenters. The maximum atomic E-state index is 14.2. The van der Waals surface area contributed by atoms with Crippen molar-refractivity contribution in [1.29, 1.82) is 5.41 Å². The monoisotopic (exact) mass is 581 g/mol. The number of allylic oxidation sites excluding steroid dienone is 1. The number of carbonyl (C=O) groups excluding carboxylic acids is 1. The van der Waals surface area contributed by atoms with Gasteiger partial charge in [0.15, 0.2) is 0 Å². The molecule has 1 heterocycles. The number of carbonyl (C=O) groups is 1. The molecule has 2 aromatic rings. The lowest BCUT2D eigenvalue weighted by atomic mass is 10.2. The number of benzene rings is 2. The van der Waals surface area contributed by atoms with Gasteiger partial charge >= 0.3 is 0 Å². The number of amides is 1. The highest BCUT2D eigenvalue weighted by molar-refractivity contribution is 8.12. The maximum Gasteiger partial charge on any atom is 0.293 e. The lowest BCUT2D eigenvalue weighted by Gasteiger charge is -2.54. The number of nitrogens with two attached hydrogens (primary N) is 1. The molecule has 0 unspecified atom stereocenters. The van der Waals surface area contributed by atoms with Crippen LogP contribution in [0.3, 0.4) is 0 Å². The fraction of sp³-hybridized carbons (Fsp3) is 0.407. The standard InChI is InChI=1S/C27H37F2N5O5S/c1-38-40(2,37,19-20-5-7-23(31)8-6-20)34-11-9-33(10-12-34)25(18-30)26(39-14-4-3-13-35)27(36)32-24-16-21(28)15-22(29)17-24/h5-8,15-18,30,35H,3-4,9-14,19,31H2,1-2H3,(H,32,36)/b26-25-,30-18?. The van der Waals surface area contributed by atoms with E-state index in [4.69, 9.17) is 25.2 Å². The van der Waals surface area contributed by atoms with Gasteiger partial charge in [0, 0.05) is 62.7 Å². The van der Waals surface area contributed by atoms with Crippen molar-refractivity contribution in [3.05, 3.63) is 71.1 Å². The fourth-order valence-corrected chi connectivity index (χ4v) is 6.94. The number of nitrogens with one attached hydrogen (secondary N) is 2. The van der Waals surface area contributed by atoms with Crippen molar-refractivity contribution in [3.63, 3.8) is 0 Å². The van der Waals surface area contributed by atoms with Gasteiger partial charge in [-0.25, -0.2) is 13.1 Å². The summed E-state index contributed by atoms with van der Waals surface area (Å²) in [6.45, 7) is 1.22. The lowest BCUT2D eigenvalue weighted by Crippen LogP contribution is -2.59. The molecule has 1 saturated heterocycles. The minimum atomic E-state index is -3.75. The van der Waals surface area contributed by atoms with Gasteiger partial charge in [-0.15, -0.1) is 9.53 Å². The Kier molecular flexibility index (Phi) is 10.4. The molecule has 0 radical (unpaired) electrons. The number of anilines is 2. The van der Waals surface area contributed by atoms with E-state index in [0.29, 0.717) is 50.8 Å². The van der Waals surface area contributed by atoms with Crippen LogP contribution in [0.1, 0.15) is 18.4 Å². The van der Waals surface area contributed by atoms with Crippen LogP contribution in [-0.2, 0) is 29.0 Å². The first-order valence-electron chi connectivity index (χ1n) is 12.8. The number of hydrogen-bond acceptors (Lipinski definition) is 8. The molecular formula is C27H37F2N5O5S. The highest BCUT2D eigenvalue weighted by atomic mass is 32.3. The van der Waals surface area contributed by atoms with E-state index in [2.05, 4.69) is 5.32 Å². The average molecular weight is 582 g/mol. The van der Waals surface area contributed by atoms with Crippen molar-refractivity contribution in [3.8, 4) is 0 Å². The second-order valence-corrected chi connectivity index (χ2v) is 13.5. The number of unbranched alkanes of at least 4 members (excludes halogenated alkanes) is 1. The van der Waals surface area contributed by atoms with Gasteiger partial charge in [-0.05, 0) is 42.7 Å².